The number of rotatable bonds is 0. The number of hydrogen-bond donors (Lipinski definition) is 0. The lowest BCUT2D eigenvalue weighted by molar-refractivity contribution is 0.633. The molecule has 0 radical (unpaired) electrons. The van der Waals surface area contributed by atoms with Crippen molar-refractivity contribution in [3.63, 3.8) is 0 Å². The van der Waals surface area contributed by atoms with Gasteiger partial charge in [-0.2, -0.15) is 0 Å². The molecule has 2 heterocycles. The molecule has 2 aromatic heterocycles. The van der Waals surface area contributed by atoms with Crippen LogP contribution in [-0.2, 0) is 0 Å². The van der Waals surface area contributed by atoms with Crippen molar-refractivity contribution in [1.29, 1.82) is 0 Å². The molecule has 0 saturated carbocycles. The highest BCUT2D eigenvalue weighted by atomic mass is 16.4. The van der Waals surface area contributed by atoms with Crippen molar-refractivity contribution in [2.75, 3.05) is 0 Å². The van der Waals surface area contributed by atoms with Crippen LogP contribution in [0.5, 0.6) is 0 Å². The predicted molar refractivity (Wildman–Crippen MR) is 85.7 cm³/mol. The van der Waals surface area contributed by atoms with Crippen LogP contribution in [0.2, 0.25) is 0 Å². The summed E-state index contributed by atoms with van der Waals surface area (Å²) < 4.78 is 12.1. The second-order valence-electron chi connectivity index (χ2n) is 5.47. The van der Waals surface area contributed by atoms with Gasteiger partial charge in [0.2, 0.25) is 0 Å². The fourth-order valence-electron chi connectivity index (χ4n) is 3.24. The van der Waals surface area contributed by atoms with Gasteiger partial charge in [0.25, 0.3) is 0 Å². The minimum absolute atomic E-state index is 0.837. The van der Waals surface area contributed by atoms with Gasteiger partial charge >= 0.3 is 0 Å². The van der Waals surface area contributed by atoms with E-state index in [0.717, 1.165) is 38.5 Å². The van der Waals surface area contributed by atoms with E-state index in [1.165, 1.54) is 10.9 Å². The van der Waals surface area contributed by atoms with Crippen molar-refractivity contribution in [2.24, 2.45) is 0 Å². The molecule has 0 amide bonds. The van der Waals surface area contributed by atoms with Crippen LogP contribution >= 0.6 is 0 Å². The van der Waals surface area contributed by atoms with Gasteiger partial charge in [0.15, 0.2) is 11.2 Å². The Morgan fingerprint density at radius 3 is 2.29 bits per heavy atom. The molecule has 0 spiro atoms. The van der Waals surface area contributed by atoms with E-state index >= 15 is 0 Å². The Labute approximate surface area is 120 Å². The van der Waals surface area contributed by atoms with Gasteiger partial charge in [-0.05, 0) is 36.8 Å². The third-order valence-electron chi connectivity index (χ3n) is 4.22. The van der Waals surface area contributed by atoms with Gasteiger partial charge in [-0.25, -0.2) is 0 Å². The van der Waals surface area contributed by atoms with E-state index < -0.39 is 0 Å². The molecule has 0 bridgehead atoms. The summed E-state index contributed by atoms with van der Waals surface area (Å²) in [5.41, 5.74) is 4.72. The van der Waals surface area contributed by atoms with E-state index in [1.54, 1.807) is 0 Å². The summed E-state index contributed by atoms with van der Waals surface area (Å²) in [5, 5.41) is 4.53. The predicted octanol–water partition coefficient (Wildman–Crippen LogP) is 5.79. The normalized spacial score (nSPS) is 12.0. The Kier molecular flexibility index (Phi) is 1.92. The maximum atomic E-state index is 6.08. The maximum absolute atomic E-state index is 6.08. The average Bonchev–Trinajstić information content (AvgIpc) is 3.05. The van der Waals surface area contributed by atoms with Crippen LogP contribution in [-0.4, -0.2) is 0 Å². The first-order valence-corrected chi connectivity index (χ1v) is 7.05. The first-order chi connectivity index (χ1) is 10.3. The SMILES string of the molecule is Cc1cccc2oc3c(ccc4c5ccccc5oc43)c12. The van der Waals surface area contributed by atoms with E-state index in [4.69, 9.17) is 8.83 Å². The molecule has 2 heteroatoms. The van der Waals surface area contributed by atoms with Crippen LogP contribution in [0.25, 0.3) is 43.9 Å². The highest BCUT2D eigenvalue weighted by Gasteiger charge is 2.16. The van der Waals surface area contributed by atoms with Crippen LogP contribution in [0.15, 0.2) is 63.4 Å². The van der Waals surface area contributed by atoms with Crippen molar-refractivity contribution in [3.05, 3.63) is 60.2 Å². The summed E-state index contributed by atoms with van der Waals surface area (Å²) in [6.45, 7) is 2.11. The Morgan fingerprint density at radius 1 is 0.619 bits per heavy atom. The molecule has 0 aliphatic carbocycles. The lowest BCUT2D eigenvalue weighted by atomic mass is 10.1. The summed E-state index contributed by atoms with van der Waals surface area (Å²) in [5.74, 6) is 0. The highest BCUT2D eigenvalue weighted by molar-refractivity contribution is 6.19. The zero-order valence-corrected chi connectivity index (χ0v) is 11.5. The van der Waals surface area contributed by atoms with Crippen molar-refractivity contribution in [1.82, 2.24) is 0 Å². The zero-order valence-electron chi connectivity index (χ0n) is 11.5. The van der Waals surface area contributed by atoms with Crippen LogP contribution in [0.1, 0.15) is 5.56 Å². The Bertz CT molecular complexity index is 1140. The van der Waals surface area contributed by atoms with Gasteiger partial charge in [-0.3, -0.25) is 0 Å². The number of benzene rings is 3. The Hall–Kier alpha value is -2.74. The number of para-hydroxylation sites is 1. The van der Waals surface area contributed by atoms with Gasteiger partial charge in [-0.15, -0.1) is 0 Å². The number of aryl methyl sites for hydroxylation is 1. The summed E-state index contributed by atoms with van der Waals surface area (Å²) in [7, 11) is 0. The van der Waals surface area contributed by atoms with E-state index in [1.807, 2.05) is 30.3 Å². The Balaban J connectivity index is 2.09. The van der Waals surface area contributed by atoms with Gasteiger partial charge < -0.3 is 8.83 Å². The zero-order chi connectivity index (χ0) is 14.0. The molecule has 0 unspecified atom stereocenters. The standard InChI is InChI=1S/C19H12O2/c1-11-5-4-8-16-17(11)14-10-9-13-12-6-2-3-7-15(12)20-18(13)19(14)21-16/h2-10H,1H3. The first-order valence-electron chi connectivity index (χ1n) is 7.05. The smallest absolute Gasteiger partial charge is 0.178 e. The molecule has 0 aliphatic heterocycles. The number of fused-ring (bicyclic) bond motifs is 7. The fourth-order valence-corrected chi connectivity index (χ4v) is 3.24. The molecule has 5 rings (SSSR count). The topological polar surface area (TPSA) is 26.3 Å². The average molecular weight is 272 g/mol. The van der Waals surface area contributed by atoms with Crippen molar-refractivity contribution >= 4 is 43.9 Å². The molecule has 0 N–H and O–H groups in total. The van der Waals surface area contributed by atoms with Gasteiger partial charge in [0, 0.05) is 21.5 Å². The van der Waals surface area contributed by atoms with Crippen LogP contribution < -0.4 is 0 Å². The van der Waals surface area contributed by atoms with Gasteiger partial charge in [0.1, 0.15) is 11.2 Å². The number of hydrogen-bond acceptors (Lipinski definition) is 2. The lowest BCUT2D eigenvalue weighted by Crippen LogP contribution is -1.73. The monoisotopic (exact) mass is 272 g/mol. The quantitative estimate of drug-likeness (QED) is 0.356. The van der Waals surface area contributed by atoms with E-state index in [2.05, 4.69) is 31.2 Å². The van der Waals surface area contributed by atoms with Crippen LogP contribution in [0.3, 0.4) is 0 Å². The molecule has 0 fully saturated rings. The summed E-state index contributed by atoms with van der Waals surface area (Å²) >= 11 is 0. The molecular weight excluding hydrogens is 260 g/mol. The van der Waals surface area contributed by atoms with E-state index in [9.17, 15) is 0 Å². The molecule has 0 atom stereocenters. The largest absolute Gasteiger partial charge is 0.452 e. The molecule has 0 saturated heterocycles. The lowest BCUT2D eigenvalue weighted by Gasteiger charge is -1.94. The molecule has 2 nitrogen and oxygen atoms in total. The summed E-state index contributed by atoms with van der Waals surface area (Å²) in [6.07, 6.45) is 0. The summed E-state index contributed by atoms with van der Waals surface area (Å²) in [4.78, 5) is 0. The molecular formula is C19H12O2. The minimum atomic E-state index is 0.837. The maximum Gasteiger partial charge on any atom is 0.178 e. The van der Waals surface area contributed by atoms with Gasteiger partial charge in [0.05, 0.1) is 0 Å². The van der Waals surface area contributed by atoms with Crippen molar-refractivity contribution < 1.29 is 8.83 Å². The third-order valence-corrected chi connectivity index (χ3v) is 4.22. The Morgan fingerprint density at radius 2 is 1.33 bits per heavy atom. The van der Waals surface area contributed by atoms with E-state index in [-0.39, 0.29) is 0 Å². The fraction of sp³-hybridized carbons (Fsp3) is 0.0526. The molecule has 0 aliphatic rings. The highest BCUT2D eigenvalue weighted by Crippen LogP contribution is 2.39. The third kappa shape index (κ3) is 1.32. The summed E-state index contributed by atoms with van der Waals surface area (Å²) in [6, 6.07) is 18.5. The van der Waals surface area contributed by atoms with Gasteiger partial charge in [-0.1, -0.05) is 30.3 Å². The second-order valence-corrected chi connectivity index (χ2v) is 5.47. The molecule has 3 aromatic carbocycles. The van der Waals surface area contributed by atoms with Crippen LogP contribution in [0.4, 0.5) is 0 Å². The van der Waals surface area contributed by atoms with Crippen molar-refractivity contribution in [3.8, 4) is 0 Å². The second kappa shape index (κ2) is 3.67. The molecule has 5 aromatic rings. The molecule has 100 valence electrons. The van der Waals surface area contributed by atoms with E-state index in [0.29, 0.717) is 0 Å². The van der Waals surface area contributed by atoms with Crippen molar-refractivity contribution in [2.45, 2.75) is 6.92 Å². The number of furan rings is 2. The first kappa shape index (κ1) is 11.0. The molecule has 21 heavy (non-hydrogen) atoms. The minimum Gasteiger partial charge on any atom is -0.452 e. The van der Waals surface area contributed by atoms with Crippen LogP contribution in [0, 0.1) is 6.92 Å².